The summed E-state index contributed by atoms with van der Waals surface area (Å²) < 4.78 is 12.7. The van der Waals surface area contributed by atoms with Crippen LogP contribution in [-0.4, -0.2) is 48.8 Å². The summed E-state index contributed by atoms with van der Waals surface area (Å²) in [5, 5.41) is 18.6. The zero-order valence-corrected chi connectivity index (χ0v) is 15.7. The second-order valence-corrected chi connectivity index (χ2v) is 6.27. The van der Waals surface area contributed by atoms with Gasteiger partial charge in [0, 0.05) is 18.1 Å². The summed E-state index contributed by atoms with van der Waals surface area (Å²) in [4.78, 5) is 34.5. The van der Waals surface area contributed by atoms with Crippen molar-refractivity contribution in [2.24, 2.45) is 0 Å². The lowest BCUT2D eigenvalue weighted by Crippen LogP contribution is -2.11. The first-order valence-corrected chi connectivity index (χ1v) is 8.75. The number of carbonyl (C=O) groups is 2. The summed E-state index contributed by atoms with van der Waals surface area (Å²) in [6, 6.07) is 8.20. The van der Waals surface area contributed by atoms with Crippen LogP contribution in [0.4, 0.5) is 0 Å². The highest BCUT2D eigenvalue weighted by Crippen LogP contribution is 2.34. The lowest BCUT2D eigenvalue weighted by atomic mass is 10.1. The van der Waals surface area contributed by atoms with E-state index in [0.717, 1.165) is 16.7 Å². The molecule has 0 aliphatic carbocycles. The largest absolute Gasteiger partial charge is 0.492 e. The van der Waals surface area contributed by atoms with Crippen molar-refractivity contribution in [2.75, 3.05) is 7.11 Å². The van der Waals surface area contributed by atoms with Crippen LogP contribution in [0.2, 0.25) is 0 Å². The van der Waals surface area contributed by atoms with Crippen LogP contribution in [0.1, 0.15) is 26.5 Å². The van der Waals surface area contributed by atoms with Gasteiger partial charge in [-0.1, -0.05) is 0 Å². The van der Waals surface area contributed by atoms with Gasteiger partial charge in [0.05, 0.1) is 30.0 Å². The maximum Gasteiger partial charge on any atom is 0.340 e. The van der Waals surface area contributed by atoms with Gasteiger partial charge in [-0.2, -0.15) is 0 Å². The number of aromatic carboxylic acids is 2. The van der Waals surface area contributed by atoms with Gasteiger partial charge in [-0.05, 0) is 30.3 Å². The first kappa shape index (κ1) is 19.0. The zero-order chi connectivity index (χ0) is 21.3. The molecule has 0 atom stereocenters. The molecule has 0 saturated carbocycles. The summed E-state index contributed by atoms with van der Waals surface area (Å²) >= 11 is 0. The Kier molecular flexibility index (Phi) is 4.80. The van der Waals surface area contributed by atoms with Crippen molar-refractivity contribution in [1.29, 1.82) is 0 Å². The minimum atomic E-state index is -1.43. The summed E-state index contributed by atoms with van der Waals surface area (Å²) in [6.07, 6.45) is 5.20. The minimum absolute atomic E-state index is 0.00305. The van der Waals surface area contributed by atoms with Crippen molar-refractivity contribution in [3.8, 4) is 17.2 Å². The molecule has 0 spiro atoms. The number of rotatable bonds is 7. The molecule has 0 unspecified atom stereocenters. The van der Waals surface area contributed by atoms with Crippen molar-refractivity contribution < 1.29 is 29.3 Å². The lowest BCUT2D eigenvalue weighted by molar-refractivity contribution is 0.0647. The highest BCUT2D eigenvalue weighted by Gasteiger charge is 2.25. The smallest absolute Gasteiger partial charge is 0.340 e. The Bertz CT molecular complexity index is 1250. The van der Waals surface area contributed by atoms with Crippen LogP contribution < -0.4 is 9.47 Å². The van der Waals surface area contributed by atoms with Gasteiger partial charge in [0.1, 0.15) is 18.0 Å². The van der Waals surface area contributed by atoms with Crippen molar-refractivity contribution in [2.45, 2.75) is 6.61 Å². The van der Waals surface area contributed by atoms with E-state index in [-0.39, 0.29) is 23.7 Å². The third-order valence-electron chi connectivity index (χ3n) is 4.45. The van der Waals surface area contributed by atoms with E-state index in [1.165, 1.54) is 19.2 Å². The molecule has 0 amide bonds. The van der Waals surface area contributed by atoms with Crippen molar-refractivity contribution in [1.82, 2.24) is 19.5 Å². The normalized spacial score (nSPS) is 10.8. The Balaban J connectivity index is 1.61. The van der Waals surface area contributed by atoms with Crippen LogP contribution in [-0.2, 0) is 6.61 Å². The predicted octanol–water partition coefficient (Wildman–Crippen LogP) is 2.73. The first-order chi connectivity index (χ1) is 14.5. The van der Waals surface area contributed by atoms with Crippen molar-refractivity contribution in [3.63, 3.8) is 0 Å². The van der Waals surface area contributed by atoms with Gasteiger partial charge in [0.15, 0.2) is 11.5 Å². The fourth-order valence-electron chi connectivity index (χ4n) is 3.11. The molecule has 0 fully saturated rings. The fraction of sp³-hybridized carbons (Fsp3) is 0.100. The van der Waals surface area contributed by atoms with Gasteiger partial charge in [-0.15, -0.1) is 0 Å². The van der Waals surface area contributed by atoms with E-state index < -0.39 is 17.5 Å². The molecule has 2 aromatic heterocycles. The monoisotopic (exact) mass is 408 g/mol. The predicted molar refractivity (Wildman–Crippen MR) is 104 cm³/mol. The second-order valence-electron chi connectivity index (χ2n) is 6.27. The molecule has 3 N–H and O–H groups in total. The lowest BCUT2D eigenvalue weighted by Gasteiger charge is -2.13. The molecule has 152 valence electrons. The Morgan fingerprint density at radius 1 is 1.17 bits per heavy atom. The van der Waals surface area contributed by atoms with E-state index >= 15 is 0 Å². The van der Waals surface area contributed by atoms with Crippen molar-refractivity contribution in [3.05, 3.63) is 66.0 Å². The molecule has 0 aliphatic heterocycles. The summed E-state index contributed by atoms with van der Waals surface area (Å²) in [6.45, 7) is -0.00305. The average molecular weight is 408 g/mol. The Hall–Kier alpha value is -4.34. The number of hydrogen-bond donors (Lipinski definition) is 3. The molecule has 4 aromatic rings. The third-order valence-corrected chi connectivity index (χ3v) is 4.45. The molecule has 0 bridgehead atoms. The van der Waals surface area contributed by atoms with Gasteiger partial charge in [0.2, 0.25) is 0 Å². The number of hydrogen-bond acceptors (Lipinski definition) is 6. The maximum absolute atomic E-state index is 11.6. The topological polar surface area (TPSA) is 140 Å². The Labute approximate surface area is 169 Å². The van der Waals surface area contributed by atoms with E-state index in [1.807, 2.05) is 29.0 Å². The second kappa shape index (κ2) is 7.59. The maximum atomic E-state index is 11.6. The number of fused-ring (bicyclic) bond motifs is 1. The number of ether oxygens (including phenoxy) is 2. The number of H-pyrrole nitrogens is 1. The van der Waals surface area contributed by atoms with Gasteiger partial charge in [-0.3, -0.25) is 0 Å². The standard InChI is InChI=1S/C20H16N4O6/c1-29-18-15(5-3-12(19(25)26)17(18)20(27)28)30-9-16-22-13-4-2-11(8-14(13)23-16)24-7-6-21-10-24/h2-8,10H,9H2,1H3,(H,22,23)(H,25,26)(H,27,28). The average Bonchev–Trinajstić information content (AvgIpc) is 3.40. The molecule has 2 heterocycles. The van der Waals surface area contributed by atoms with Crippen molar-refractivity contribution >= 4 is 23.0 Å². The molecular weight excluding hydrogens is 392 g/mol. The Morgan fingerprint density at radius 2 is 2.00 bits per heavy atom. The molecule has 0 radical (unpaired) electrons. The third kappa shape index (κ3) is 3.41. The molecule has 10 heteroatoms. The highest BCUT2D eigenvalue weighted by atomic mass is 16.5. The number of nitrogens with one attached hydrogen (secondary N) is 1. The van der Waals surface area contributed by atoms with Crippen LogP contribution in [0.3, 0.4) is 0 Å². The van der Waals surface area contributed by atoms with Crippen LogP contribution in [0, 0.1) is 0 Å². The summed E-state index contributed by atoms with van der Waals surface area (Å²) in [5.74, 6) is -2.36. The van der Waals surface area contributed by atoms with E-state index in [1.54, 1.807) is 12.5 Å². The quantitative estimate of drug-likeness (QED) is 0.424. The van der Waals surface area contributed by atoms with Crippen LogP contribution in [0.25, 0.3) is 16.7 Å². The molecular formula is C20H16N4O6. The van der Waals surface area contributed by atoms with Gasteiger partial charge < -0.3 is 29.2 Å². The zero-order valence-electron chi connectivity index (χ0n) is 15.7. The van der Waals surface area contributed by atoms with Gasteiger partial charge >= 0.3 is 11.9 Å². The number of imidazole rings is 2. The van der Waals surface area contributed by atoms with E-state index in [4.69, 9.17) is 9.47 Å². The molecule has 4 rings (SSSR count). The molecule has 10 nitrogen and oxygen atoms in total. The Morgan fingerprint density at radius 3 is 2.67 bits per heavy atom. The fourth-order valence-corrected chi connectivity index (χ4v) is 3.11. The van der Waals surface area contributed by atoms with Crippen LogP contribution in [0.5, 0.6) is 11.5 Å². The highest BCUT2D eigenvalue weighted by molar-refractivity contribution is 6.04. The number of carboxylic acids is 2. The summed E-state index contributed by atoms with van der Waals surface area (Å²) in [5.41, 5.74) is 1.57. The SMILES string of the molecule is COc1c(OCc2nc3ccc(-n4ccnc4)cc3[nH]2)ccc(C(=O)O)c1C(=O)O. The summed E-state index contributed by atoms with van der Waals surface area (Å²) in [7, 11) is 1.25. The number of methoxy groups -OCH3 is 1. The number of carboxylic acid groups (broad SMARTS) is 2. The van der Waals surface area contributed by atoms with E-state index in [2.05, 4.69) is 15.0 Å². The van der Waals surface area contributed by atoms with Gasteiger partial charge in [-0.25, -0.2) is 19.6 Å². The van der Waals surface area contributed by atoms with E-state index in [9.17, 15) is 19.8 Å². The van der Waals surface area contributed by atoms with Gasteiger partial charge in [0.25, 0.3) is 0 Å². The molecule has 30 heavy (non-hydrogen) atoms. The number of aromatic nitrogens is 4. The molecule has 2 aromatic carbocycles. The number of benzene rings is 2. The first-order valence-electron chi connectivity index (χ1n) is 8.75. The van der Waals surface area contributed by atoms with Crippen LogP contribution >= 0.6 is 0 Å². The van der Waals surface area contributed by atoms with E-state index in [0.29, 0.717) is 5.82 Å². The molecule has 0 aliphatic rings. The minimum Gasteiger partial charge on any atom is -0.492 e. The number of aromatic amines is 1. The number of nitrogens with zero attached hydrogens (tertiary/aromatic N) is 3. The van der Waals surface area contributed by atoms with Crippen LogP contribution in [0.15, 0.2) is 49.1 Å². The molecule has 0 saturated heterocycles.